The molecular weight excluding hydrogens is 323 g/mol. The van der Waals surface area contributed by atoms with E-state index in [4.69, 9.17) is 27.9 Å². The number of halogens is 2. The van der Waals surface area contributed by atoms with Gasteiger partial charge in [-0.2, -0.15) is 0 Å². The van der Waals surface area contributed by atoms with E-state index in [0.717, 1.165) is 0 Å². The SMILES string of the molecule is COc1cccnc1NS(=O)(=O)c1ccc(Cl)cc1Cl. The number of aromatic nitrogens is 1. The number of methoxy groups -OCH3 is 1. The third-order valence-electron chi connectivity index (χ3n) is 2.41. The number of rotatable bonds is 4. The summed E-state index contributed by atoms with van der Waals surface area (Å²) >= 11 is 11.6. The number of hydrogen-bond acceptors (Lipinski definition) is 4. The smallest absolute Gasteiger partial charge is 0.264 e. The van der Waals surface area contributed by atoms with Crippen molar-refractivity contribution in [1.82, 2.24) is 4.98 Å². The van der Waals surface area contributed by atoms with Crippen LogP contribution in [0.5, 0.6) is 5.75 Å². The number of anilines is 1. The van der Waals surface area contributed by atoms with E-state index in [2.05, 4.69) is 9.71 Å². The van der Waals surface area contributed by atoms with Gasteiger partial charge in [0, 0.05) is 11.2 Å². The quantitative estimate of drug-likeness (QED) is 0.933. The highest BCUT2D eigenvalue weighted by Crippen LogP contribution is 2.28. The second kappa shape index (κ2) is 5.87. The molecule has 0 amide bonds. The van der Waals surface area contributed by atoms with E-state index < -0.39 is 10.0 Å². The van der Waals surface area contributed by atoms with Crippen LogP contribution in [0.1, 0.15) is 0 Å². The van der Waals surface area contributed by atoms with Crippen molar-refractivity contribution in [3.05, 3.63) is 46.6 Å². The fraction of sp³-hybridized carbons (Fsp3) is 0.0833. The first kappa shape index (κ1) is 14.9. The molecule has 8 heteroatoms. The summed E-state index contributed by atoms with van der Waals surface area (Å²) in [5.74, 6) is 0.391. The van der Waals surface area contributed by atoms with Gasteiger partial charge in [0.2, 0.25) is 0 Å². The average molecular weight is 333 g/mol. The lowest BCUT2D eigenvalue weighted by Crippen LogP contribution is -2.15. The van der Waals surface area contributed by atoms with Crippen molar-refractivity contribution in [2.45, 2.75) is 4.90 Å². The summed E-state index contributed by atoms with van der Waals surface area (Å²) < 4.78 is 31.9. The highest BCUT2D eigenvalue weighted by Gasteiger charge is 2.20. The van der Waals surface area contributed by atoms with Gasteiger partial charge in [-0.1, -0.05) is 23.2 Å². The minimum atomic E-state index is -3.88. The maximum atomic E-state index is 12.3. The predicted octanol–water partition coefficient (Wildman–Crippen LogP) is 3.20. The normalized spacial score (nSPS) is 11.2. The zero-order chi connectivity index (χ0) is 14.8. The van der Waals surface area contributed by atoms with E-state index in [1.54, 1.807) is 12.1 Å². The lowest BCUT2D eigenvalue weighted by molar-refractivity contribution is 0.415. The van der Waals surface area contributed by atoms with Crippen LogP contribution < -0.4 is 9.46 Å². The van der Waals surface area contributed by atoms with Crippen LogP contribution in [-0.4, -0.2) is 20.5 Å². The van der Waals surface area contributed by atoms with Gasteiger partial charge >= 0.3 is 0 Å². The third kappa shape index (κ3) is 3.15. The Hall–Kier alpha value is -1.50. The van der Waals surface area contributed by atoms with Crippen molar-refractivity contribution >= 4 is 39.0 Å². The fourth-order valence-corrected chi connectivity index (χ4v) is 3.30. The van der Waals surface area contributed by atoms with E-state index in [1.807, 2.05) is 0 Å². The van der Waals surface area contributed by atoms with Gasteiger partial charge in [-0.15, -0.1) is 0 Å². The summed E-state index contributed by atoms with van der Waals surface area (Å²) in [5.41, 5.74) is 0. The molecule has 2 aromatic rings. The molecule has 0 atom stereocenters. The van der Waals surface area contributed by atoms with Gasteiger partial charge in [0.1, 0.15) is 4.90 Å². The number of benzene rings is 1. The van der Waals surface area contributed by atoms with Crippen molar-refractivity contribution in [3.8, 4) is 5.75 Å². The molecule has 0 aliphatic heterocycles. The molecule has 0 unspecified atom stereocenters. The van der Waals surface area contributed by atoms with Gasteiger partial charge in [0.05, 0.1) is 12.1 Å². The molecule has 20 heavy (non-hydrogen) atoms. The lowest BCUT2D eigenvalue weighted by Gasteiger charge is -2.11. The van der Waals surface area contributed by atoms with Crippen LogP contribution in [0.2, 0.25) is 10.0 Å². The number of sulfonamides is 1. The second-order valence-corrected chi connectivity index (χ2v) is 6.23. The van der Waals surface area contributed by atoms with Gasteiger partial charge in [0.25, 0.3) is 10.0 Å². The Morgan fingerprint density at radius 1 is 1.25 bits per heavy atom. The van der Waals surface area contributed by atoms with E-state index in [9.17, 15) is 8.42 Å². The molecule has 106 valence electrons. The molecule has 1 N–H and O–H groups in total. The number of nitrogens with one attached hydrogen (secondary N) is 1. The zero-order valence-electron chi connectivity index (χ0n) is 10.3. The number of nitrogens with zero attached hydrogens (tertiary/aromatic N) is 1. The van der Waals surface area contributed by atoms with Crippen LogP contribution in [0.15, 0.2) is 41.4 Å². The first-order valence-electron chi connectivity index (χ1n) is 5.41. The van der Waals surface area contributed by atoms with Crippen LogP contribution in [-0.2, 0) is 10.0 Å². The van der Waals surface area contributed by atoms with E-state index in [-0.39, 0.29) is 15.7 Å². The second-order valence-electron chi connectivity index (χ2n) is 3.73. The van der Waals surface area contributed by atoms with E-state index in [0.29, 0.717) is 10.8 Å². The Morgan fingerprint density at radius 3 is 2.65 bits per heavy atom. The molecule has 1 aromatic heterocycles. The van der Waals surface area contributed by atoms with Crippen molar-refractivity contribution < 1.29 is 13.2 Å². The minimum Gasteiger partial charge on any atom is -0.493 e. The zero-order valence-corrected chi connectivity index (χ0v) is 12.6. The standard InChI is InChI=1S/C12H10Cl2N2O3S/c1-19-10-3-2-6-15-12(10)16-20(17,18)11-5-4-8(13)7-9(11)14/h2-7H,1H3,(H,15,16). The number of ether oxygens (including phenoxy) is 1. The molecule has 0 radical (unpaired) electrons. The summed E-state index contributed by atoms with van der Waals surface area (Å²) in [6.45, 7) is 0. The molecule has 0 saturated heterocycles. The molecular formula is C12H10Cl2N2O3S. The Morgan fingerprint density at radius 2 is 2.00 bits per heavy atom. The van der Waals surface area contributed by atoms with Crippen LogP contribution in [0.25, 0.3) is 0 Å². The van der Waals surface area contributed by atoms with Crippen molar-refractivity contribution in [2.24, 2.45) is 0 Å². The third-order valence-corrected chi connectivity index (χ3v) is 4.46. The summed E-state index contributed by atoms with van der Waals surface area (Å²) in [6.07, 6.45) is 1.45. The summed E-state index contributed by atoms with van der Waals surface area (Å²) in [4.78, 5) is 3.84. The first-order valence-corrected chi connectivity index (χ1v) is 7.65. The molecule has 0 fully saturated rings. The summed E-state index contributed by atoms with van der Waals surface area (Å²) in [6, 6.07) is 7.34. The average Bonchev–Trinajstić information content (AvgIpc) is 2.38. The van der Waals surface area contributed by atoms with Gasteiger partial charge in [-0.3, -0.25) is 4.72 Å². The Labute approximate surface area is 126 Å². The van der Waals surface area contributed by atoms with Gasteiger partial charge < -0.3 is 4.74 Å². The van der Waals surface area contributed by atoms with Crippen molar-refractivity contribution in [3.63, 3.8) is 0 Å². The largest absolute Gasteiger partial charge is 0.493 e. The molecule has 5 nitrogen and oxygen atoms in total. The molecule has 0 bridgehead atoms. The topological polar surface area (TPSA) is 68.3 Å². The molecule has 2 rings (SSSR count). The highest BCUT2D eigenvalue weighted by atomic mass is 35.5. The first-order chi connectivity index (χ1) is 9.44. The van der Waals surface area contributed by atoms with Gasteiger partial charge in [0.15, 0.2) is 11.6 Å². The van der Waals surface area contributed by atoms with E-state index >= 15 is 0 Å². The fourth-order valence-electron chi connectivity index (χ4n) is 1.51. The van der Waals surface area contributed by atoms with Crippen LogP contribution in [0.3, 0.4) is 0 Å². The van der Waals surface area contributed by atoms with Crippen molar-refractivity contribution in [1.29, 1.82) is 0 Å². The predicted molar refractivity (Wildman–Crippen MR) is 78.1 cm³/mol. The van der Waals surface area contributed by atoms with Gasteiger partial charge in [-0.25, -0.2) is 13.4 Å². The maximum Gasteiger partial charge on any atom is 0.264 e. The summed E-state index contributed by atoms with van der Waals surface area (Å²) in [7, 11) is -2.46. The number of hydrogen-bond donors (Lipinski definition) is 1. The van der Waals surface area contributed by atoms with Crippen molar-refractivity contribution in [2.75, 3.05) is 11.8 Å². The Bertz CT molecular complexity index is 735. The maximum absolute atomic E-state index is 12.3. The lowest BCUT2D eigenvalue weighted by atomic mass is 10.4. The summed E-state index contributed by atoms with van der Waals surface area (Å²) in [5, 5.41) is 0.379. The molecule has 0 aliphatic carbocycles. The molecule has 1 heterocycles. The van der Waals surface area contributed by atoms with Crippen LogP contribution in [0, 0.1) is 0 Å². The highest BCUT2D eigenvalue weighted by molar-refractivity contribution is 7.92. The van der Waals surface area contributed by atoms with Crippen LogP contribution >= 0.6 is 23.2 Å². The van der Waals surface area contributed by atoms with Gasteiger partial charge in [-0.05, 0) is 30.3 Å². The monoisotopic (exact) mass is 332 g/mol. The van der Waals surface area contributed by atoms with Crippen LogP contribution in [0.4, 0.5) is 5.82 Å². The minimum absolute atomic E-state index is 0.0277. The Kier molecular flexibility index (Phi) is 4.37. The Balaban J connectivity index is 2.41. The molecule has 0 aliphatic rings. The molecule has 0 saturated carbocycles. The number of pyridine rings is 1. The molecule has 0 spiro atoms. The van der Waals surface area contributed by atoms with E-state index in [1.165, 1.54) is 31.5 Å². The molecule has 1 aromatic carbocycles.